The van der Waals surface area contributed by atoms with Gasteiger partial charge in [0.2, 0.25) is 0 Å². The number of methoxy groups -OCH3 is 1. The standard InChI is InChI=1S/C21H31N3O3/c1-3-4-5-6-7-8-9-17-10-12-18(13-11-17)22-19-16-20(25)23-21(26)24(19)14-15-27-2/h10-13,16,22H,3-9,14-15H2,1-2H3,(H,23,25,26). The van der Waals surface area contributed by atoms with E-state index in [9.17, 15) is 9.59 Å². The number of nitrogens with zero attached hydrogens (tertiary/aromatic N) is 1. The first-order valence-corrected chi connectivity index (χ1v) is 9.83. The van der Waals surface area contributed by atoms with Gasteiger partial charge >= 0.3 is 5.69 Å². The minimum Gasteiger partial charge on any atom is -0.383 e. The van der Waals surface area contributed by atoms with Gasteiger partial charge in [0.15, 0.2) is 0 Å². The number of ether oxygens (including phenoxy) is 1. The van der Waals surface area contributed by atoms with E-state index < -0.39 is 11.2 Å². The Morgan fingerprint density at radius 2 is 1.74 bits per heavy atom. The first-order valence-electron chi connectivity index (χ1n) is 9.83. The Morgan fingerprint density at radius 1 is 1.04 bits per heavy atom. The zero-order valence-electron chi connectivity index (χ0n) is 16.4. The van der Waals surface area contributed by atoms with Gasteiger partial charge in [0.05, 0.1) is 13.2 Å². The van der Waals surface area contributed by atoms with E-state index in [4.69, 9.17) is 4.74 Å². The number of anilines is 2. The summed E-state index contributed by atoms with van der Waals surface area (Å²) in [6.07, 6.45) is 8.82. The van der Waals surface area contributed by atoms with E-state index in [1.54, 1.807) is 7.11 Å². The van der Waals surface area contributed by atoms with E-state index >= 15 is 0 Å². The van der Waals surface area contributed by atoms with Gasteiger partial charge in [0.1, 0.15) is 5.82 Å². The summed E-state index contributed by atoms with van der Waals surface area (Å²) in [6, 6.07) is 9.55. The van der Waals surface area contributed by atoms with Crippen LogP contribution in [0.4, 0.5) is 11.5 Å². The lowest BCUT2D eigenvalue weighted by molar-refractivity contribution is 0.186. The number of aryl methyl sites for hydroxylation is 1. The van der Waals surface area contributed by atoms with Crippen LogP contribution in [0.15, 0.2) is 39.9 Å². The van der Waals surface area contributed by atoms with E-state index in [-0.39, 0.29) is 0 Å². The highest BCUT2D eigenvalue weighted by Crippen LogP contribution is 2.17. The topological polar surface area (TPSA) is 76.1 Å². The van der Waals surface area contributed by atoms with Crippen molar-refractivity contribution < 1.29 is 4.74 Å². The van der Waals surface area contributed by atoms with Crippen LogP contribution in [0.1, 0.15) is 51.0 Å². The molecule has 27 heavy (non-hydrogen) atoms. The third kappa shape index (κ3) is 7.06. The summed E-state index contributed by atoms with van der Waals surface area (Å²) in [5, 5.41) is 3.17. The van der Waals surface area contributed by atoms with Crippen LogP contribution in [0.25, 0.3) is 0 Å². The fourth-order valence-electron chi connectivity index (χ4n) is 3.04. The monoisotopic (exact) mass is 373 g/mol. The zero-order chi connectivity index (χ0) is 19.5. The van der Waals surface area contributed by atoms with Crippen molar-refractivity contribution in [3.63, 3.8) is 0 Å². The molecule has 1 aromatic heterocycles. The first-order chi connectivity index (χ1) is 13.1. The summed E-state index contributed by atoms with van der Waals surface area (Å²) in [5.74, 6) is 0.462. The van der Waals surface area contributed by atoms with Crippen LogP contribution in [0.5, 0.6) is 0 Å². The number of rotatable bonds is 12. The van der Waals surface area contributed by atoms with Gasteiger partial charge in [-0.05, 0) is 30.5 Å². The molecule has 0 unspecified atom stereocenters. The lowest BCUT2D eigenvalue weighted by atomic mass is 10.0. The smallest absolute Gasteiger partial charge is 0.329 e. The number of hydrogen-bond acceptors (Lipinski definition) is 4. The maximum atomic E-state index is 12.0. The molecule has 0 amide bonds. The second kappa shape index (κ2) is 11.4. The zero-order valence-corrected chi connectivity index (χ0v) is 16.4. The van der Waals surface area contributed by atoms with Gasteiger partial charge in [0.25, 0.3) is 5.56 Å². The van der Waals surface area contributed by atoms with Gasteiger partial charge in [-0.3, -0.25) is 14.3 Å². The van der Waals surface area contributed by atoms with Crippen molar-refractivity contribution in [1.29, 1.82) is 0 Å². The average Bonchev–Trinajstić information content (AvgIpc) is 2.65. The molecule has 0 aliphatic carbocycles. The van der Waals surface area contributed by atoms with Crippen LogP contribution >= 0.6 is 0 Å². The van der Waals surface area contributed by atoms with E-state index in [1.807, 2.05) is 12.1 Å². The number of aromatic amines is 1. The second-order valence-corrected chi connectivity index (χ2v) is 6.81. The van der Waals surface area contributed by atoms with Crippen LogP contribution in [0.2, 0.25) is 0 Å². The Labute approximate surface area is 160 Å². The summed E-state index contributed by atoms with van der Waals surface area (Å²) < 4.78 is 6.51. The number of aromatic nitrogens is 2. The summed E-state index contributed by atoms with van der Waals surface area (Å²) in [6.45, 7) is 2.99. The Hall–Kier alpha value is -2.34. The summed E-state index contributed by atoms with van der Waals surface area (Å²) in [4.78, 5) is 26.0. The van der Waals surface area contributed by atoms with Gasteiger partial charge in [-0.1, -0.05) is 51.2 Å². The molecule has 2 aromatic rings. The predicted octanol–water partition coefficient (Wildman–Crippen LogP) is 3.83. The van der Waals surface area contributed by atoms with Crippen molar-refractivity contribution in [2.45, 2.75) is 58.4 Å². The lowest BCUT2D eigenvalue weighted by Gasteiger charge is -2.14. The van der Waals surface area contributed by atoms with E-state index in [1.165, 1.54) is 54.7 Å². The molecule has 6 nitrogen and oxygen atoms in total. The largest absolute Gasteiger partial charge is 0.383 e. The molecule has 0 bridgehead atoms. The minimum atomic E-state index is -0.443. The molecule has 0 spiro atoms. The van der Waals surface area contributed by atoms with Gasteiger partial charge in [0, 0.05) is 18.9 Å². The van der Waals surface area contributed by atoms with Crippen LogP contribution in [-0.4, -0.2) is 23.3 Å². The maximum absolute atomic E-state index is 12.0. The molecule has 1 heterocycles. The third-order valence-electron chi connectivity index (χ3n) is 4.60. The van der Waals surface area contributed by atoms with Crippen LogP contribution in [-0.2, 0) is 17.7 Å². The Morgan fingerprint density at radius 3 is 2.44 bits per heavy atom. The molecule has 0 radical (unpaired) electrons. The fourth-order valence-corrected chi connectivity index (χ4v) is 3.04. The molecular weight excluding hydrogens is 342 g/mol. The van der Waals surface area contributed by atoms with Crippen molar-refractivity contribution in [3.8, 4) is 0 Å². The highest BCUT2D eigenvalue weighted by molar-refractivity contribution is 5.56. The molecule has 0 aliphatic rings. The quantitative estimate of drug-likeness (QED) is 0.555. The van der Waals surface area contributed by atoms with Crippen LogP contribution in [0.3, 0.4) is 0 Å². The minimum absolute atomic E-state index is 0.366. The molecule has 0 fully saturated rings. The highest BCUT2D eigenvalue weighted by atomic mass is 16.5. The van der Waals surface area contributed by atoms with Crippen LogP contribution in [0, 0.1) is 0 Å². The Kier molecular flexibility index (Phi) is 8.84. The molecule has 0 saturated carbocycles. The maximum Gasteiger partial charge on any atom is 0.329 e. The Balaban J connectivity index is 1.96. The van der Waals surface area contributed by atoms with Gasteiger partial charge in [-0.25, -0.2) is 4.79 Å². The molecule has 148 valence electrons. The van der Waals surface area contributed by atoms with E-state index in [2.05, 4.69) is 29.4 Å². The van der Waals surface area contributed by atoms with Crippen LogP contribution < -0.4 is 16.6 Å². The number of H-pyrrole nitrogens is 1. The summed E-state index contributed by atoms with van der Waals surface area (Å²) >= 11 is 0. The first kappa shape index (κ1) is 21.0. The molecule has 0 aliphatic heterocycles. The van der Waals surface area contributed by atoms with Crippen molar-refractivity contribution in [1.82, 2.24) is 9.55 Å². The highest BCUT2D eigenvalue weighted by Gasteiger charge is 2.06. The number of nitrogens with one attached hydrogen (secondary N) is 2. The molecule has 6 heteroatoms. The van der Waals surface area contributed by atoms with Gasteiger partial charge in [-0.15, -0.1) is 0 Å². The molecule has 2 rings (SSSR count). The summed E-state index contributed by atoms with van der Waals surface area (Å²) in [5.41, 5.74) is 1.29. The van der Waals surface area contributed by atoms with Crippen molar-refractivity contribution in [2.75, 3.05) is 19.0 Å². The predicted molar refractivity (Wildman–Crippen MR) is 110 cm³/mol. The van der Waals surface area contributed by atoms with Crippen molar-refractivity contribution in [2.24, 2.45) is 0 Å². The molecule has 1 aromatic carbocycles. The summed E-state index contributed by atoms with van der Waals surface area (Å²) in [7, 11) is 1.58. The molecular formula is C21H31N3O3. The molecule has 0 atom stereocenters. The second-order valence-electron chi connectivity index (χ2n) is 6.81. The number of hydrogen-bond donors (Lipinski definition) is 2. The third-order valence-corrected chi connectivity index (χ3v) is 4.60. The number of unbranched alkanes of at least 4 members (excludes halogenated alkanes) is 5. The lowest BCUT2D eigenvalue weighted by Crippen LogP contribution is -2.32. The van der Waals surface area contributed by atoms with Gasteiger partial charge < -0.3 is 10.1 Å². The fraction of sp³-hybridized carbons (Fsp3) is 0.524. The van der Waals surface area contributed by atoms with Crippen molar-refractivity contribution >= 4 is 11.5 Å². The normalized spacial score (nSPS) is 10.9. The SMILES string of the molecule is CCCCCCCCc1ccc(Nc2cc(=O)[nH]c(=O)n2CCOC)cc1. The number of benzene rings is 1. The average molecular weight is 373 g/mol. The molecule has 2 N–H and O–H groups in total. The Bertz CT molecular complexity index is 794. The van der Waals surface area contributed by atoms with Gasteiger partial charge in [-0.2, -0.15) is 0 Å². The van der Waals surface area contributed by atoms with E-state index in [0.717, 1.165) is 12.1 Å². The van der Waals surface area contributed by atoms with E-state index in [0.29, 0.717) is 19.0 Å². The molecule has 0 saturated heterocycles. The van der Waals surface area contributed by atoms with Crippen molar-refractivity contribution in [3.05, 3.63) is 56.7 Å².